The minimum atomic E-state index is -3.47. The molecule has 0 bridgehead atoms. The number of sulfonamides is 1. The maximum atomic E-state index is 12.6. The maximum absolute atomic E-state index is 12.6. The Hall–Kier alpha value is -0.430. The average molecular weight is 363 g/mol. The zero-order chi connectivity index (χ0) is 15.6. The van der Waals surface area contributed by atoms with Crippen LogP contribution in [0.3, 0.4) is 0 Å². The van der Waals surface area contributed by atoms with Gasteiger partial charge in [-0.05, 0) is 46.1 Å². The van der Waals surface area contributed by atoms with E-state index in [0.29, 0.717) is 22.5 Å². The van der Waals surface area contributed by atoms with E-state index in [1.807, 2.05) is 40.0 Å². The van der Waals surface area contributed by atoms with Crippen molar-refractivity contribution < 1.29 is 8.42 Å². The van der Waals surface area contributed by atoms with Crippen LogP contribution in [-0.2, 0) is 16.6 Å². The summed E-state index contributed by atoms with van der Waals surface area (Å²) >= 11 is 3.37. The van der Waals surface area contributed by atoms with Gasteiger partial charge in [-0.1, -0.05) is 26.8 Å². The molecule has 0 saturated carbocycles. The number of rotatable bonds is 5. The largest absolute Gasteiger partial charge is 0.316 e. The Kier molecular flexibility index (Phi) is 5.78. The van der Waals surface area contributed by atoms with Crippen molar-refractivity contribution in [2.24, 2.45) is 5.41 Å². The minimum Gasteiger partial charge on any atom is -0.316 e. The first kappa shape index (κ1) is 17.6. The number of benzene rings is 1. The molecule has 1 aromatic carbocycles. The first-order chi connectivity index (χ1) is 9.08. The normalized spacial score (nSPS) is 12.9. The van der Waals surface area contributed by atoms with Gasteiger partial charge in [0.2, 0.25) is 10.0 Å². The fraction of sp³-hybridized carbons (Fsp3) is 0.571. The molecule has 1 N–H and O–H groups in total. The predicted molar refractivity (Wildman–Crippen MR) is 86.2 cm³/mol. The summed E-state index contributed by atoms with van der Waals surface area (Å²) in [6, 6.07) is 5.33. The van der Waals surface area contributed by atoms with Crippen LogP contribution in [0.15, 0.2) is 27.6 Å². The monoisotopic (exact) mass is 362 g/mol. The van der Waals surface area contributed by atoms with Gasteiger partial charge in [0, 0.05) is 24.6 Å². The van der Waals surface area contributed by atoms with Gasteiger partial charge in [-0.25, -0.2) is 12.7 Å². The van der Waals surface area contributed by atoms with Gasteiger partial charge < -0.3 is 5.32 Å². The van der Waals surface area contributed by atoms with Gasteiger partial charge in [-0.15, -0.1) is 0 Å². The van der Waals surface area contributed by atoms with Gasteiger partial charge in [0.1, 0.15) is 0 Å². The highest BCUT2D eigenvalue weighted by Crippen LogP contribution is 2.27. The third-order valence-electron chi connectivity index (χ3n) is 2.76. The molecule has 0 saturated heterocycles. The Balaban J connectivity index is 3.10. The second kappa shape index (κ2) is 6.56. The van der Waals surface area contributed by atoms with Gasteiger partial charge in [0.25, 0.3) is 0 Å². The summed E-state index contributed by atoms with van der Waals surface area (Å²) in [5.74, 6) is 0. The zero-order valence-electron chi connectivity index (χ0n) is 12.7. The molecule has 0 radical (unpaired) electrons. The molecule has 4 nitrogen and oxygen atoms in total. The molecule has 1 aromatic rings. The SMILES string of the molecule is CNCc1ccc(S(=O)(=O)N(C)CC(C)(C)C)c(Br)c1. The topological polar surface area (TPSA) is 49.4 Å². The van der Waals surface area contributed by atoms with Gasteiger partial charge >= 0.3 is 0 Å². The molecule has 0 spiro atoms. The van der Waals surface area contributed by atoms with E-state index < -0.39 is 10.0 Å². The van der Waals surface area contributed by atoms with E-state index in [2.05, 4.69) is 21.2 Å². The van der Waals surface area contributed by atoms with Crippen LogP contribution in [0.25, 0.3) is 0 Å². The van der Waals surface area contributed by atoms with E-state index in [1.165, 1.54) is 4.31 Å². The molecule has 0 aliphatic heterocycles. The number of halogens is 1. The lowest BCUT2D eigenvalue weighted by atomic mass is 9.97. The highest BCUT2D eigenvalue weighted by Gasteiger charge is 2.27. The lowest BCUT2D eigenvalue weighted by molar-refractivity contribution is 0.310. The van der Waals surface area contributed by atoms with Crippen LogP contribution >= 0.6 is 15.9 Å². The number of nitrogens with one attached hydrogen (secondary N) is 1. The van der Waals surface area contributed by atoms with Crippen LogP contribution in [0, 0.1) is 5.41 Å². The first-order valence-corrected chi connectivity index (χ1v) is 8.70. The van der Waals surface area contributed by atoms with E-state index in [4.69, 9.17) is 0 Å². The fourth-order valence-corrected chi connectivity index (χ4v) is 4.47. The number of hydrogen-bond donors (Lipinski definition) is 1. The Morgan fingerprint density at radius 1 is 1.30 bits per heavy atom. The van der Waals surface area contributed by atoms with Crippen molar-refractivity contribution >= 4 is 26.0 Å². The second-order valence-corrected chi connectivity index (χ2v) is 8.98. The van der Waals surface area contributed by atoms with Crippen LogP contribution in [0.4, 0.5) is 0 Å². The molecule has 6 heteroatoms. The van der Waals surface area contributed by atoms with E-state index in [1.54, 1.807) is 13.1 Å². The van der Waals surface area contributed by atoms with Crippen LogP contribution in [0.2, 0.25) is 0 Å². The molecule has 0 atom stereocenters. The Morgan fingerprint density at radius 3 is 2.35 bits per heavy atom. The summed E-state index contributed by atoms with van der Waals surface area (Å²) in [5, 5.41) is 3.04. The van der Waals surface area contributed by atoms with Crippen molar-refractivity contribution in [3.05, 3.63) is 28.2 Å². The van der Waals surface area contributed by atoms with Crippen molar-refractivity contribution in [1.29, 1.82) is 0 Å². The van der Waals surface area contributed by atoms with Gasteiger partial charge in [-0.3, -0.25) is 0 Å². The number of hydrogen-bond acceptors (Lipinski definition) is 3. The fourth-order valence-electron chi connectivity index (χ4n) is 1.99. The van der Waals surface area contributed by atoms with Crippen molar-refractivity contribution in [3.8, 4) is 0 Å². The molecule has 0 fully saturated rings. The quantitative estimate of drug-likeness (QED) is 0.875. The Bertz CT molecular complexity index is 565. The summed E-state index contributed by atoms with van der Waals surface area (Å²) in [7, 11) is 0.00789. The molecule has 0 heterocycles. The van der Waals surface area contributed by atoms with Crippen LogP contribution in [0.5, 0.6) is 0 Å². The number of nitrogens with zero attached hydrogens (tertiary/aromatic N) is 1. The molecular weight excluding hydrogens is 340 g/mol. The lowest BCUT2D eigenvalue weighted by Gasteiger charge is -2.26. The van der Waals surface area contributed by atoms with E-state index in [9.17, 15) is 8.42 Å². The minimum absolute atomic E-state index is 0.0830. The van der Waals surface area contributed by atoms with E-state index >= 15 is 0 Å². The van der Waals surface area contributed by atoms with Gasteiger partial charge in [-0.2, -0.15) is 0 Å². The summed E-state index contributed by atoms with van der Waals surface area (Å²) in [5.41, 5.74) is 0.956. The molecule has 1 rings (SSSR count). The van der Waals surface area contributed by atoms with Crippen molar-refractivity contribution in [2.75, 3.05) is 20.6 Å². The van der Waals surface area contributed by atoms with E-state index in [-0.39, 0.29) is 5.41 Å². The summed E-state index contributed by atoms with van der Waals surface area (Å²) in [4.78, 5) is 0.309. The second-order valence-electron chi connectivity index (χ2n) is 6.12. The van der Waals surface area contributed by atoms with Crippen LogP contribution < -0.4 is 5.32 Å². The van der Waals surface area contributed by atoms with Crippen molar-refractivity contribution in [3.63, 3.8) is 0 Å². The summed E-state index contributed by atoms with van der Waals surface area (Å²) in [6.45, 7) is 7.23. The van der Waals surface area contributed by atoms with Gasteiger partial charge in [0.05, 0.1) is 4.90 Å². The highest BCUT2D eigenvalue weighted by molar-refractivity contribution is 9.10. The molecule has 0 aromatic heterocycles. The standard InChI is InChI=1S/C14H23BrN2O2S/c1-14(2,3)10-17(5)20(18,19)13-7-6-11(9-16-4)8-12(13)15/h6-8,16H,9-10H2,1-5H3. The average Bonchev–Trinajstić information content (AvgIpc) is 2.26. The molecule has 0 aliphatic rings. The highest BCUT2D eigenvalue weighted by atomic mass is 79.9. The van der Waals surface area contributed by atoms with E-state index in [0.717, 1.165) is 5.56 Å². The molecular formula is C14H23BrN2O2S. The van der Waals surface area contributed by atoms with Crippen LogP contribution in [-0.4, -0.2) is 33.4 Å². The smallest absolute Gasteiger partial charge is 0.243 e. The van der Waals surface area contributed by atoms with Crippen molar-refractivity contribution in [2.45, 2.75) is 32.2 Å². The molecule has 0 aliphatic carbocycles. The summed E-state index contributed by atoms with van der Waals surface area (Å²) < 4.78 is 27.2. The Morgan fingerprint density at radius 2 is 1.90 bits per heavy atom. The molecule has 0 amide bonds. The molecule has 0 unspecified atom stereocenters. The molecule has 114 valence electrons. The lowest BCUT2D eigenvalue weighted by Crippen LogP contribution is -2.34. The third kappa shape index (κ3) is 4.55. The zero-order valence-corrected chi connectivity index (χ0v) is 15.1. The predicted octanol–water partition coefficient (Wildman–Crippen LogP) is 2.84. The van der Waals surface area contributed by atoms with Gasteiger partial charge in [0.15, 0.2) is 0 Å². The summed E-state index contributed by atoms with van der Waals surface area (Å²) in [6.07, 6.45) is 0. The third-order valence-corrected chi connectivity index (χ3v) is 5.54. The maximum Gasteiger partial charge on any atom is 0.243 e. The van der Waals surface area contributed by atoms with Crippen LogP contribution in [0.1, 0.15) is 26.3 Å². The van der Waals surface area contributed by atoms with Crippen molar-refractivity contribution in [1.82, 2.24) is 9.62 Å². The molecule has 20 heavy (non-hydrogen) atoms. The Labute approximate surface area is 130 Å². The first-order valence-electron chi connectivity index (χ1n) is 6.47.